The predicted molar refractivity (Wildman–Crippen MR) is 51.7 cm³/mol. The highest BCUT2D eigenvalue weighted by Gasteiger charge is 2.21. The largest absolute Gasteiger partial charge is 0.384 e. The summed E-state index contributed by atoms with van der Waals surface area (Å²) in [6.07, 6.45) is 0. The van der Waals surface area contributed by atoms with Gasteiger partial charge in [0.25, 0.3) is 0 Å². The minimum absolute atomic E-state index is 0.160. The van der Waals surface area contributed by atoms with Crippen LogP contribution in [0.4, 0.5) is 0 Å². The van der Waals surface area contributed by atoms with Gasteiger partial charge < -0.3 is 5.11 Å². The Hall–Kier alpha value is -0.240. The topological polar surface area (TPSA) is 20.2 Å². The lowest BCUT2D eigenvalue weighted by Gasteiger charge is -2.20. The molecule has 66 valence electrons. The highest BCUT2D eigenvalue weighted by molar-refractivity contribution is 6.30. The minimum Gasteiger partial charge on any atom is -0.384 e. The Morgan fingerprint density at radius 3 is 2.67 bits per heavy atom. The number of benzene rings is 1. The summed E-state index contributed by atoms with van der Waals surface area (Å²) in [7, 11) is 0. The zero-order valence-corrected chi connectivity index (χ0v) is 8.23. The normalized spacial score (nSPS) is 15.7. The molecule has 1 nitrogen and oxygen atoms in total. The van der Waals surface area contributed by atoms with Crippen LogP contribution in [0, 0.1) is 0 Å². The van der Waals surface area contributed by atoms with Gasteiger partial charge in [0.05, 0.1) is 5.88 Å². The first-order chi connectivity index (χ1) is 5.56. The summed E-state index contributed by atoms with van der Waals surface area (Å²) in [4.78, 5) is 0. The molecular formula is C9H10Cl2O. The van der Waals surface area contributed by atoms with Gasteiger partial charge in [-0.3, -0.25) is 0 Å². The summed E-state index contributed by atoms with van der Waals surface area (Å²) in [6.45, 7) is 1.66. The van der Waals surface area contributed by atoms with Crippen molar-refractivity contribution >= 4 is 23.2 Å². The van der Waals surface area contributed by atoms with Crippen molar-refractivity contribution in [1.82, 2.24) is 0 Å². The van der Waals surface area contributed by atoms with E-state index in [1.165, 1.54) is 0 Å². The van der Waals surface area contributed by atoms with Gasteiger partial charge in [-0.2, -0.15) is 0 Å². The fourth-order valence-electron chi connectivity index (χ4n) is 0.901. The van der Waals surface area contributed by atoms with Crippen LogP contribution in [0.25, 0.3) is 0 Å². The summed E-state index contributed by atoms with van der Waals surface area (Å²) >= 11 is 11.3. The molecule has 0 heterocycles. The Morgan fingerprint density at radius 2 is 2.17 bits per heavy atom. The van der Waals surface area contributed by atoms with Crippen LogP contribution >= 0.6 is 23.2 Å². The van der Waals surface area contributed by atoms with E-state index in [1.54, 1.807) is 31.2 Å². The molecule has 1 rings (SSSR count). The van der Waals surface area contributed by atoms with Crippen molar-refractivity contribution in [3.8, 4) is 0 Å². The summed E-state index contributed by atoms with van der Waals surface area (Å²) in [5, 5.41) is 10.3. The number of hydrogen-bond acceptors (Lipinski definition) is 1. The van der Waals surface area contributed by atoms with Crippen LogP contribution < -0.4 is 0 Å². The van der Waals surface area contributed by atoms with Crippen LogP contribution in [0.3, 0.4) is 0 Å². The summed E-state index contributed by atoms with van der Waals surface area (Å²) < 4.78 is 0. The van der Waals surface area contributed by atoms with Gasteiger partial charge in [0, 0.05) is 5.02 Å². The molecule has 0 aromatic heterocycles. The molecule has 1 unspecified atom stereocenters. The maximum atomic E-state index is 9.73. The monoisotopic (exact) mass is 204 g/mol. The van der Waals surface area contributed by atoms with Gasteiger partial charge in [-0.25, -0.2) is 0 Å². The Labute approximate surface area is 81.9 Å². The van der Waals surface area contributed by atoms with Gasteiger partial charge in [0.2, 0.25) is 0 Å². The van der Waals surface area contributed by atoms with Crippen LogP contribution in [-0.2, 0) is 5.60 Å². The smallest absolute Gasteiger partial charge is 0.100 e. The van der Waals surface area contributed by atoms with Crippen LogP contribution in [-0.4, -0.2) is 11.0 Å². The number of halogens is 2. The van der Waals surface area contributed by atoms with E-state index in [0.29, 0.717) is 5.02 Å². The van der Waals surface area contributed by atoms with E-state index >= 15 is 0 Å². The molecule has 0 fully saturated rings. The first kappa shape index (κ1) is 9.85. The zero-order valence-electron chi connectivity index (χ0n) is 6.72. The van der Waals surface area contributed by atoms with E-state index in [4.69, 9.17) is 23.2 Å². The number of aliphatic hydroxyl groups is 1. The Morgan fingerprint density at radius 1 is 1.50 bits per heavy atom. The molecule has 1 aromatic rings. The van der Waals surface area contributed by atoms with Crippen LogP contribution in [0.2, 0.25) is 5.02 Å². The molecule has 0 amide bonds. The molecule has 1 atom stereocenters. The maximum Gasteiger partial charge on any atom is 0.100 e. The Bertz CT molecular complexity index is 271. The summed E-state index contributed by atoms with van der Waals surface area (Å²) in [5.74, 6) is 0.160. The molecule has 0 saturated heterocycles. The molecular weight excluding hydrogens is 195 g/mol. The van der Waals surface area contributed by atoms with Crippen LogP contribution in [0.1, 0.15) is 12.5 Å². The van der Waals surface area contributed by atoms with Crippen molar-refractivity contribution in [2.45, 2.75) is 12.5 Å². The summed E-state index contributed by atoms with van der Waals surface area (Å²) in [5.41, 5.74) is -0.253. The molecule has 3 heteroatoms. The van der Waals surface area contributed by atoms with Gasteiger partial charge in [0.1, 0.15) is 5.60 Å². The standard InChI is InChI=1S/C9H10Cl2O/c1-9(12,6-10)7-3-2-4-8(11)5-7/h2-5,12H,6H2,1H3. The third kappa shape index (κ3) is 2.13. The van der Waals surface area contributed by atoms with E-state index in [-0.39, 0.29) is 5.88 Å². The second-order valence-electron chi connectivity index (χ2n) is 2.92. The van der Waals surface area contributed by atoms with E-state index in [0.717, 1.165) is 5.56 Å². The van der Waals surface area contributed by atoms with Crippen LogP contribution in [0.5, 0.6) is 0 Å². The highest BCUT2D eigenvalue weighted by atomic mass is 35.5. The lowest BCUT2D eigenvalue weighted by molar-refractivity contribution is 0.0824. The first-order valence-corrected chi connectivity index (χ1v) is 4.52. The molecule has 1 N–H and O–H groups in total. The first-order valence-electron chi connectivity index (χ1n) is 3.60. The average molecular weight is 205 g/mol. The molecule has 0 aliphatic heterocycles. The van der Waals surface area contributed by atoms with Crippen molar-refractivity contribution in [1.29, 1.82) is 0 Å². The molecule has 0 saturated carbocycles. The molecule has 12 heavy (non-hydrogen) atoms. The molecule has 0 spiro atoms. The minimum atomic E-state index is -0.994. The molecule has 0 aliphatic carbocycles. The second-order valence-corrected chi connectivity index (χ2v) is 3.62. The molecule has 1 aromatic carbocycles. The zero-order chi connectivity index (χ0) is 9.19. The van der Waals surface area contributed by atoms with E-state index < -0.39 is 5.60 Å². The van der Waals surface area contributed by atoms with E-state index in [2.05, 4.69) is 0 Å². The van der Waals surface area contributed by atoms with Crippen LogP contribution in [0.15, 0.2) is 24.3 Å². The number of alkyl halides is 1. The lowest BCUT2D eigenvalue weighted by Crippen LogP contribution is -2.22. The lowest BCUT2D eigenvalue weighted by atomic mass is 9.99. The second kappa shape index (κ2) is 3.65. The van der Waals surface area contributed by atoms with Gasteiger partial charge in [-0.05, 0) is 24.6 Å². The third-order valence-corrected chi connectivity index (χ3v) is 2.46. The van der Waals surface area contributed by atoms with Gasteiger partial charge in [-0.15, -0.1) is 11.6 Å². The molecule has 0 bridgehead atoms. The number of rotatable bonds is 2. The quantitative estimate of drug-likeness (QED) is 0.736. The van der Waals surface area contributed by atoms with Gasteiger partial charge in [-0.1, -0.05) is 23.7 Å². The SMILES string of the molecule is CC(O)(CCl)c1cccc(Cl)c1. The molecule has 0 radical (unpaired) electrons. The van der Waals surface area contributed by atoms with Crippen molar-refractivity contribution in [3.05, 3.63) is 34.9 Å². The van der Waals surface area contributed by atoms with Gasteiger partial charge >= 0.3 is 0 Å². The average Bonchev–Trinajstić information content (AvgIpc) is 2.05. The highest BCUT2D eigenvalue weighted by Crippen LogP contribution is 2.24. The van der Waals surface area contributed by atoms with Crippen molar-refractivity contribution in [3.63, 3.8) is 0 Å². The van der Waals surface area contributed by atoms with E-state index in [9.17, 15) is 5.11 Å². The van der Waals surface area contributed by atoms with Crippen molar-refractivity contribution < 1.29 is 5.11 Å². The fraction of sp³-hybridized carbons (Fsp3) is 0.333. The Kier molecular flexibility index (Phi) is 2.99. The maximum absolute atomic E-state index is 9.73. The number of hydrogen-bond donors (Lipinski definition) is 1. The van der Waals surface area contributed by atoms with Crippen molar-refractivity contribution in [2.75, 3.05) is 5.88 Å². The molecule has 0 aliphatic rings. The Balaban J connectivity index is 3.03. The van der Waals surface area contributed by atoms with Crippen molar-refractivity contribution in [2.24, 2.45) is 0 Å². The summed E-state index contributed by atoms with van der Waals surface area (Å²) in [6, 6.07) is 7.06. The van der Waals surface area contributed by atoms with E-state index in [1.807, 2.05) is 0 Å². The fourth-order valence-corrected chi connectivity index (χ4v) is 1.25. The third-order valence-electron chi connectivity index (χ3n) is 1.71. The predicted octanol–water partition coefficient (Wildman–Crippen LogP) is 2.79. The van der Waals surface area contributed by atoms with Gasteiger partial charge in [0.15, 0.2) is 0 Å².